The normalized spacial score (nSPS) is 18.0. The van der Waals surface area contributed by atoms with E-state index in [2.05, 4.69) is 28.1 Å². The summed E-state index contributed by atoms with van der Waals surface area (Å²) in [4.78, 5) is 18.9. The molecule has 1 saturated heterocycles. The van der Waals surface area contributed by atoms with E-state index in [9.17, 15) is 4.79 Å². The van der Waals surface area contributed by atoms with E-state index in [1.807, 2.05) is 30.5 Å². The molecule has 0 amide bonds. The van der Waals surface area contributed by atoms with E-state index in [1.54, 1.807) is 13.1 Å². The zero-order valence-electron chi connectivity index (χ0n) is 13.0. The summed E-state index contributed by atoms with van der Waals surface area (Å²) in [5, 5.41) is 0. The second-order valence-electron chi connectivity index (χ2n) is 6.14. The van der Waals surface area contributed by atoms with E-state index in [1.165, 1.54) is 11.1 Å². The van der Waals surface area contributed by atoms with E-state index < -0.39 is 0 Å². The lowest BCUT2D eigenvalue weighted by Gasteiger charge is -2.40. The highest BCUT2D eigenvalue weighted by molar-refractivity contribution is 5.88. The van der Waals surface area contributed by atoms with Crippen molar-refractivity contribution in [3.8, 4) is 0 Å². The maximum absolute atomic E-state index is 12.4. The summed E-state index contributed by atoms with van der Waals surface area (Å²) in [6, 6.07) is 14.3. The van der Waals surface area contributed by atoms with Gasteiger partial charge in [-0.15, -0.1) is 0 Å². The number of ketones is 1. The van der Waals surface area contributed by atoms with Crippen LogP contribution in [0.1, 0.15) is 30.9 Å². The third-order valence-electron chi connectivity index (χ3n) is 4.84. The van der Waals surface area contributed by atoms with Gasteiger partial charge >= 0.3 is 0 Å². The lowest BCUT2D eigenvalue weighted by atomic mass is 9.70. The second kappa shape index (κ2) is 6.41. The first-order valence-corrected chi connectivity index (χ1v) is 7.88. The van der Waals surface area contributed by atoms with Crippen LogP contribution in [-0.2, 0) is 16.8 Å². The van der Waals surface area contributed by atoms with Gasteiger partial charge < -0.3 is 0 Å². The van der Waals surface area contributed by atoms with Crippen LogP contribution < -0.4 is 0 Å². The number of pyridine rings is 1. The summed E-state index contributed by atoms with van der Waals surface area (Å²) in [6.45, 7) is 4.55. The molecule has 2 aromatic rings. The molecular weight excluding hydrogens is 272 g/mol. The number of Topliss-reactive ketones (excluding diaryl/α,β-unsaturated/α-hetero) is 1. The van der Waals surface area contributed by atoms with E-state index in [0.29, 0.717) is 5.78 Å². The van der Waals surface area contributed by atoms with Gasteiger partial charge in [0.2, 0.25) is 0 Å². The number of nitrogens with zero attached hydrogens (tertiary/aromatic N) is 2. The van der Waals surface area contributed by atoms with Crippen molar-refractivity contribution in [1.82, 2.24) is 9.88 Å². The number of hydrogen-bond donors (Lipinski definition) is 0. The first-order valence-electron chi connectivity index (χ1n) is 7.88. The molecule has 0 radical (unpaired) electrons. The SMILES string of the molecule is CC(=O)C1(c2ccccc2)CCN(Cc2cccnc2)CC1. The Hall–Kier alpha value is -2.00. The first-order chi connectivity index (χ1) is 10.7. The van der Waals surface area contributed by atoms with Crippen molar-refractivity contribution in [3.05, 3.63) is 66.0 Å². The van der Waals surface area contributed by atoms with Crippen LogP contribution in [0.4, 0.5) is 0 Å². The smallest absolute Gasteiger partial charge is 0.140 e. The van der Waals surface area contributed by atoms with Gasteiger partial charge in [-0.1, -0.05) is 36.4 Å². The summed E-state index contributed by atoms with van der Waals surface area (Å²) in [5.41, 5.74) is 2.10. The zero-order chi connectivity index (χ0) is 15.4. The number of rotatable bonds is 4. The first kappa shape index (κ1) is 14.9. The molecule has 1 aromatic heterocycles. The Morgan fingerprint density at radius 1 is 1.14 bits per heavy atom. The predicted molar refractivity (Wildman–Crippen MR) is 87.5 cm³/mol. The molecule has 0 N–H and O–H groups in total. The number of carbonyl (C=O) groups is 1. The molecule has 3 nitrogen and oxygen atoms in total. The van der Waals surface area contributed by atoms with Crippen LogP contribution in [0.5, 0.6) is 0 Å². The van der Waals surface area contributed by atoms with Crippen molar-refractivity contribution in [2.75, 3.05) is 13.1 Å². The van der Waals surface area contributed by atoms with Gasteiger partial charge in [0.1, 0.15) is 5.78 Å². The number of hydrogen-bond acceptors (Lipinski definition) is 3. The molecule has 0 bridgehead atoms. The van der Waals surface area contributed by atoms with Gasteiger partial charge in [-0.3, -0.25) is 14.7 Å². The largest absolute Gasteiger partial charge is 0.299 e. The molecule has 22 heavy (non-hydrogen) atoms. The van der Waals surface area contributed by atoms with Gasteiger partial charge in [0.25, 0.3) is 0 Å². The highest BCUT2D eigenvalue weighted by Crippen LogP contribution is 2.36. The zero-order valence-corrected chi connectivity index (χ0v) is 13.0. The monoisotopic (exact) mass is 294 g/mol. The van der Waals surface area contributed by atoms with Crippen molar-refractivity contribution >= 4 is 5.78 Å². The second-order valence-corrected chi connectivity index (χ2v) is 6.14. The Labute approximate surface area is 132 Å². The van der Waals surface area contributed by atoms with E-state index in [0.717, 1.165) is 32.5 Å². The van der Waals surface area contributed by atoms with E-state index in [4.69, 9.17) is 0 Å². The fraction of sp³-hybridized carbons (Fsp3) is 0.368. The molecular formula is C19H22N2O. The van der Waals surface area contributed by atoms with Gasteiger partial charge in [-0.2, -0.15) is 0 Å². The molecule has 3 heteroatoms. The molecule has 0 spiro atoms. The number of benzene rings is 1. The van der Waals surface area contributed by atoms with Gasteiger partial charge in [-0.05, 0) is 50.0 Å². The molecule has 0 saturated carbocycles. The Morgan fingerprint density at radius 3 is 2.45 bits per heavy atom. The van der Waals surface area contributed by atoms with Crippen molar-refractivity contribution in [1.29, 1.82) is 0 Å². The van der Waals surface area contributed by atoms with Gasteiger partial charge in [0.15, 0.2) is 0 Å². The summed E-state index contributed by atoms with van der Waals surface area (Å²) < 4.78 is 0. The third-order valence-corrected chi connectivity index (χ3v) is 4.84. The van der Waals surface area contributed by atoms with Crippen LogP contribution in [0.2, 0.25) is 0 Å². The van der Waals surface area contributed by atoms with Crippen LogP contribution in [0.25, 0.3) is 0 Å². The molecule has 1 aromatic carbocycles. The molecule has 1 aliphatic heterocycles. The van der Waals surface area contributed by atoms with Crippen LogP contribution >= 0.6 is 0 Å². The van der Waals surface area contributed by atoms with Gasteiger partial charge in [0.05, 0.1) is 5.41 Å². The van der Waals surface area contributed by atoms with Crippen molar-refractivity contribution in [2.24, 2.45) is 0 Å². The fourth-order valence-corrected chi connectivity index (χ4v) is 3.44. The predicted octanol–water partition coefficient (Wildman–Crippen LogP) is 3.20. The molecule has 0 unspecified atom stereocenters. The van der Waals surface area contributed by atoms with Crippen molar-refractivity contribution in [2.45, 2.75) is 31.7 Å². The van der Waals surface area contributed by atoms with Gasteiger partial charge in [-0.25, -0.2) is 0 Å². The summed E-state index contributed by atoms with van der Waals surface area (Å²) in [7, 11) is 0. The third kappa shape index (κ3) is 2.95. The maximum atomic E-state index is 12.4. The minimum Gasteiger partial charge on any atom is -0.299 e. The number of piperidine rings is 1. The summed E-state index contributed by atoms with van der Waals surface area (Å²) in [5.74, 6) is 0.291. The Bertz CT molecular complexity index is 616. The standard InChI is InChI=1S/C19H22N2O/c1-16(22)19(18-7-3-2-4-8-18)9-12-21(13-10-19)15-17-6-5-11-20-14-17/h2-8,11,14H,9-10,12-13,15H2,1H3. The number of likely N-dealkylation sites (tertiary alicyclic amines) is 1. The minimum absolute atomic E-state index is 0.291. The Kier molecular flexibility index (Phi) is 4.34. The van der Waals surface area contributed by atoms with Crippen LogP contribution in [0, 0.1) is 0 Å². The van der Waals surface area contributed by atoms with Crippen LogP contribution in [0.3, 0.4) is 0 Å². The quantitative estimate of drug-likeness (QED) is 0.868. The molecule has 0 aliphatic carbocycles. The Morgan fingerprint density at radius 2 is 1.86 bits per heavy atom. The van der Waals surface area contributed by atoms with Crippen LogP contribution in [-0.4, -0.2) is 28.8 Å². The van der Waals surface area contributed by atoms with Crippen molar-refractivity contribution in [3.63, 3.8) is 0 Å². The lowest BCUT2D eigenvalue weighted by Crippen LogP contribution is -2.46. The summed E-state index contributed by atoms with van der Waals surface area (Å²) >= 11 is 0. The molecule has 2 heterocycles. The lowest BCUT2D eigenvalue weighted by molar-refractivity contribution is -0.124. The molecule has 0 atom stereocenters. The molecule has 3 rings (SSSR count). The highest BCUT2D eigenvalue weighted by Gasteiger charge is 2.40. The maximum Gasteiger partial charge on any atom is 0.140 e. The van der Waals surface area contributed by atoms with E-state index >= 15 is 0 Å². The highest BCUT2D eigenvalue weighted by atomic mass is 16.1. The molecule has 1 fully saturated rings. The van der Waals surface area contributed by atoms with Crippen LogP contribution in [0.15, 0.2) is 54.9 Å². The average Bonchev–Trinajstić information content (AvgIpc) is 2.57. The van der Waals surface area contributed by atoms with Gasteiger partial charge in [0, 0.05) is 18.9 Å². The number of aromatic nitrogens is 1. The summed E-state index contributed by atoms with van der Waals surface area (Å²) in [6.07, 6.45) is 5.51. The Balaban J connectivity index is 1.72. The molecule has 114 valence electrons. The fourth-order valence-electron chi connectivity index (χ4n) is 3.44. The number of carbonyl (C=O) groups excluding carboxylic acids is 1. The average molecular weight is 294 g/mol. The van der Waals surface area contributed by atoms with Crippen molar-refractivity contribution < 1.29 is 4.79 Å². The van der Waals surface area contributed by atoms with E-state index in [-0.39, 0.29) is 5.41 Å². The molecule has 1 aliphatic rings. The topological polar surface area (TPSA) is 33.2 Å². The minimum atomic E-state index is -0.299.